The van der Waals surface area contributed by atoms with Crippen LogP contribution in [0.2, 0.25) is 0 Å². The molecule has 2 N–H and O–H groups in total. The first kappa shape index (κ1) is 8.96. The van der Waals surface area contributed by atoms with Crippen molar-refractivity contribution in [2.45, 2.75) is 12.8 Å². The topological polar surface area (TPSA) is 83.5 Å². The molecule has 2 aliphatic rings. The SMILES string of the molecule is O=C(O)[C@@H]1CS(=O)(=O)NCC12CC2. The molecule has 5 nitrogen and oxygen atoms in total. The minimum absolute atomic E-state index is 0.262. The number of carbonyl (C=O) groups is 1. The number of hydrogen-bond acceptors (Lipinski definition) is 3. The zero-order valence-electron chi connectivity index (χ0n) is 6.99. The van der Waals surface area contributed by atoms with E-state index in [0.29, 0.717) is 6.54 Å². The van der Waals surface area contributed by atoms with Gasteiger partial charge >= 0.3 is 5.97 Å². The van der Waals surface area contributed by atoms with E-state index in [4.69, 9.17) is 5.11 Å². The molecule has 1 aliphatic heterocycles. The summed E-state index contributed by atoms with van der Waals surface area (Å²) in [4.78, 5) is 10.8. The smallest absolute Gasteiger partial charge is 0.308 e. The first-order chi connectivity index (χ1) is 5.95. The average Bonchev–Trinajstić information content (AvgIpc) is 2.76. The second-order valence-corrected chi connectivity index (χ2v) is 5.71. The van der Waals surface area contributed by atoms with Gasteiger partial charge in [-0.15, -0.1) is 0 Å². The van der Waals surface area contributed by atoms with Crippen molar-refractivity contribution in [2.75, 3.05) is 12.3 Å². The predicted molar refractivity (Wildman–Crippen MR) is 44.6 cm³/mol. The number of hydrogen-bond donors (Lipinski definition) is 2. The monoisotopic (exact) mass is 205 g/mol. The largest absolute Gasteiger partial charge is 0.481 e. The fourth-order valence-corrected chi connectivity index (χ4v) is 3.41. The van der Waals surface area contributed by atoms with Crippen molar-refractivity contribution >= 4 is 16.0 Å². The van der Waals surface area contributed by atoms with Crippen LogP contribution >= 0.6 is 0 Å². The van der Waals surface area contributed by atoms with Gasteiger partial charge in [-0.25, -0.2) is 13.1 Å². The molecule has 6 heteroatoms. The summed E-state index contributed by atoms with van der Waals surface area (Å²) in [5, 5.41) is 8.85. The van der Waals surface area contributed by atoms with E-state index < -0.39 is 21.9 Å². The lowest BCUT2D eigenvalue weighted by Crippen LogP contribution is -2.48. The third-order valence-electron chi connectivity index (χ3n) is 2.96. The van der Waals surface area contributed by atoms with Crippen LogP contribution in [0, 0.1) is 11.3 Å². The lowest BCUT2D eigenvalue weighted by molar-refractivity contribution is -0.143. The molecule has 2 fully saturated rings. The number of sulfonamides is 1. The van der Waals surface area contributed by atoms with Crippen molar-refractivity contribution in [2.24, 2.45) is 11.3 Å². The summed E-state index contributed by atoms with van der Waals surface area (Å²) < 4.78 is 24.6. The zero-order valence-corrected chi connectivity index (χ0v) is 7.80. The third-order valence-corrected chi connectivity index (χ3v) is 4.32. The van der Waals surface area contributed by atoms with Gasteiger partial charge in [0, 0.05) is 6.54 Å². The molecule has 0 aromatic carbocycles. The van der Waals surface area contributed by atoms with Crippen molar-refractivity contribution in [1.82, 2.24) is 4.72 Å². The summed E-state index contributed by atoms with van der Waals surface area (Å²) in [5.74, 6) is -1.95. The molecule has 2 rings (SSSR count). The van der Waals surface area contributed by atoms with Crippen LogP contribution in [0.25, 0.3) is 0 Å². The van der Waals surface area contributed by atoms with Gasteiger partial charge in [0.05, 0.1) is 11.7 Å². The minimum atomic E-state index is -3.34. The summed E-state index contributed by atoms with van der Waals surface area (Å²) in [7, 11) is -3.34. The Balaban J connectivity index is 2.25. The predicted octanol–water partition coefficient (Wildman–Crippen LogP) is -0.600. The Kier molecular flexibility index (Phi) is 1.69. The van der Waals surface area contributed by atoms with Gasteiger partial charge < -0.3 is 5.11 Å². The molecule has 0 amide bonds. The van der Waals surface area contributed by atoms with Gasteiger partial charge in [0.25, 0.3) is 0 Å². The Morgan fingerprint density at radius 1 is 1.46 bits per heavy atom. The highest BCUT2D eigenvalue weighted by Gasteiger charge is 2.56. The fraction of sp³-hybridized carbons (Fsp3) is 0.857. The highest BCUT2D eigenvalue weighted by atomic mass is 32.2. The summed E-state index contributed by atoms with van der Waals surface area (Å²) in [6, 6.07) is 0. The maximum atomic E-state index is 11.1. The summed E-state index contributed by atoms with van der Waals surface area (Å²) >= 11 is 0. The zero-order chi connectivity index (χ0) is 9.69. The van der Waals surface area contributed by atoms with Gasteiger partial charge in [-0.1, -0.05) is 0 Å². The van der Waals surface area contributed by atoms with Crippen LogP contribution in [0.4, 0.5) is 0 Å². The standard InChI is InChI=1S/C7H11NO4S/c9-6(10)5-3-13(11,12)8-4-7(5)1-2-7/h5,8H,1-4H2,(H,9,10)/t5-/m0/s1. The van der Waals surface area contributed by atoms with E-state index in [1.165, 1.54) is 0 Å². The lowest BCUT2D eigenvalue weighted by Gasteiger charge is -2.28. The van der Waals surface area contributed by atoms with Crippen molar-refractivity contribution < 1.29 is 18.3 Å². The van der Waals surface area contributed by atoms with Crippen LogP contribution in [-0.2, 0) is 14.8 Å². The van der Waals surface area contributed by atoms with Crippen LogP contribution in [-0.4, -0.2) is 31.8 Å². The van der Waals surface area contributed by atoms with E-state index in [1.807, 2.05) is 0 Å². The maximum absolute atomic E-state index is 11.1. The molecular weight excluding hydrogens is 194 g/mol. The van der Waals surface area contributed by atoms with Crippen molar-refractivity contribution in [3.05, 3.63) is 0 Å². The number of rotatable bonds is 1. The first-order valence-corrected chi connectivity index (χ1v) is 5.81. The average molecular weight is 205 g/mol. The lowest BCUT2D eigenvalue weighted by atomic mass is 9.90. The maximum Gasteiger partial charge on any atom is 0.308 e. The molecular formula is C7H11NO4S. The summed E-state index contributed by atoms with van der Waals surface area (Å²) in [6.07, 6.45) is 1.65. The van der Waals surface area contributed by atoms with Gasteiger partial charge in [0.15, 0.2) is 0 Å². The molecule has 0 bridgehead atoms. The van der Waals surface area contributed by atoms with Crippen LogP contribution in [0.1, 0.15) is 12.8 Å². The summed E-state index contributed by atoms with van der Waals surface area (Å²) in [5.41, 5.74) is -0.267. The molecule has 13 heavy (non-hydrogen) atoms. The number of carboxylic acids is 1. The Labute approximate surface area is 76.2 Å². The van der Waals surface area contributed by atoms with Crippen molar-refractivity contribution in [1.29, 1.82) is 0 Å². The molecule has 74 valence electrons. The van der Waals surface area contributed by atoms with Gasteiger partial charge in [0.2, 0.25) is 10.0 Å². The van der Waals surface area contributed by atoms with E-state index >= 15 is 0 Å². The van der Waals surface area contributed by atoms with Crippen LogP contribution in [0.3, 0.4) is 0 Å². The van der Waals surface area contributed by atoms with Crippen LogP contribution in [0.5, 0.6) is 0 Å². The van der Waals surface area contributed by atoms with Gasteiger partial charge in [-0.2, -0.15) is 0 Å². The van der Waals surface area contributed by atoms with E-state index in [2.05, 4.69) is 4.72 Å². The summed E-state index contributed by atoms with van der Waals surface area (Å²) in [6.45, 7) is 0.298. The molecule has 0 radical (unpaired) electrons. The molecule has 0 aromatic rings. The van der Waals surface area contributed by atoms with E-state index in [-0.39, 0.29) is 11.2 Å². The van der Waals surface area contributed by atoms with Crippen LogP contribution in [0.15, 0.2) is 0 Å². The van der Waals surface area contributed by atoms with Crippen molar-refractivity contribution in [3.63, 3.8) is 0 Å². The van der Waals surface area contributed by atoms with Crippen LogP contribution < -0.4 is 4.72 Å². The molecule has 1 heterocycles. The first-order valence-electron chi connectivity index (χ1n) is 4.15. The molecule has 1 aliphatic carbocycles. The molecule has 0 aromatic heterocycles. The van der Waals surface area contributed by atoms with E-state index in [9.17, 15) is 13.2 Å². The van der Waals surface area contributed by atoms with Crippen molar-refractivity contribution in [3.8, 4) is 0 Å². The minimum Gasteiger partial charge on any atom is -0.481 e. The Morgan fingerprint density at radius 3 is 2.54 bits per heavy atom. The number of carboxylic acid groups (broad SMARTS) is 1. The Bertz CT molecular complexity index is 344. The van der Waals surface area contributed by atoms with E-state index in [0.717, 1.165) is 12.8 Å². The third kappa shape index (κ3) is 1.44. The molecule has 0 unspecified atom stereocenters. The van der Waals surface area contributed by atoms with E-state index in [1.54, 1.807) is 0 Å². The highest BCUT2D eigenvalue weighted by molar-refractivity contribution is 7.89. The van der Waals surface area contributed by atoms with Gasteiger partial charge in [0.1, 0.15) is 0 Å². The second kappa shape index (κ2) is 2.45. The molecule has 1 spiro atoms. The Hall–Kier alpha value is -0.620. The number of nitrogens with one attached hydrogen (secondary N) is 1. The van der Waals surface area contributed by atoms with Gasteiger partial charge in [-0.3, -0.25) is 4.79 Å². The fourth-order valence-electron chi connectivity index (χ4n) is 1.85. The quantitative estimate of drug-likeness (QED) is 0.598. The molecule has 1 saturated carbocycles. The normalized spacial score (nSPS) is 34.3. The second-order valence-electron chi connectivity index (χ2n) is 3.86. The molecule has 1 saturated heterocycles. The number of aliphatic carboxylic acids is 1. The highest BCUT2D eigenvalue weighted by Crippen LogP contribution is 2.53. The van der Waals surface area contributed by atoms with Gasteiger partial charge in [-0.05, 0) is 18.3 Å². The molecule has 1 atom stereocenters. The Morgan fingerprint density at radius 2 is 2.08 bits per heavy atom.